The lowest BCUT2D eigenvalue weighted by atomic mass is 10.1. The molecule has 2 N–H and O–H groups in total. The van der Waals surface area contributed by atoms with Crippen LogP contribution in [0.5, 0.6) is 11.5 Å². The van der Waals surface area contributed by atoms with Gasteiger partial charge in [0.2, 0.25) is 5.95 Å². The molecule has 2 aromatic carbocycles. The molecule has 0 amide bonds. The summed E-state index contributed by atoms with van der Waals surface area (Å²) in [5.41, 5.74) is 3.30. The third-order valence-corrected chi connectivity index (χ3v) is 5.20. The second-order valence-corrected chi connectivity index (χ2v) is 7.70. The van der Waals surface area contributed by atoms with Crippen LogP contribution < -0.4 is 15.6 Å². The van der Waals surface area contributed by atoms with Crippen LogP contribution in [0.3, 0.4) is 0 Å². The smallest absolute Gasteiger partial charge is 0.277 e. The predicted octanol–water partition coefficient (Wildman–Crippen LogP) is 4.46. The minimum atomic E-state index is -0.257. The summed E-state index contributed by atoms with van der Waals surface area (Å²) in [6.07, 6.45) is 5.81. The number of aromatic amines is 1. The van der Waals surface area contributed by atoms with E-state index in [9.17, 15) is 4.79 Å². The zero-order valence-electron chi connectivity index (χ0n) is 17.2. The summed E-state index contributed by atoms with van der Waals surface area (Å²) in [5.74, 6) is 1.90. The Morgan fingerprint density at radius 1 is 1.13 bits per heavy atom. The second-order valence-electron chi connectivity index (χ2n) is 7.29. The van der Waals surface area contributed by atoms with Gasteiger partial charge in [-0.3, -0.25) is 9.48 Å². The van der Waals surface area contributed by atoms with Crippen molar-refractivity contribution < 1.29 is 4.74 Å². The first-order valence-corrected chi connectivity index (χ1v) is 10.2. The molecule has 31 heavy (non-hydrogen) atoms. The molecule has 0 aliphatic rings. The zero-order chi connectivity index (χ0) is 21.8. The highest BCUT2D eigenvalue weighted by molar-refractivity contribution is 6.31. The Hall–Kier alpha value is -3.58. The highest BCUT2D eigenvalue weighted by Gasteiger charge is 2.06. The van der Waals surface area contributed by atoms with Gasteiger partial charge in [-0.1, -0.05) is 23.7 Å². The summed E-state index contributed by atoms with van der Waals surface area (Å²) in [7, 11) is 1.84. The summed E-state index contributed by atoms with van der Waals surface area (Å²) in [4.78, 5) is 19.4. The van der Waals surface area contributed by atoms with Gasteiger partial charge in [0.05, 0.1) is 6.20 Å². The molecule has 0 radical (unpaired) electrons. The fourth-order valence-electron chi connectivity index (χ4n) is 3.10. The topological polar surface area (TPSA) is 84.8 Å². The molecule has 0 bridgehead atoms. The van der Waals surface area contributed by atoms with Crippen LogP contribution in [0.4, 0.5) is 5.95 Å². The number of nitrogens with one attached hydrogen (secondary N) is 2. The van der Waals surface area contributed by atoms with Crippen LogP contribution in [-0.2, 0) is 20.0 Å². The van der Waals surface area contributed by atoms with Crippen LogP contribution in [0, 0.1) is 6.92 Å². The number of hydrogen-bond acceptors (Lipinski definition) is 5. The average molecular weight is 436 g/mol. The van der Waals surface area contributed by atoms with Gasteiger partial charge in [-0.15, -0.1) is 0 Å². The van der Waals surface area contributed by atoms with Gasteiger partial charge in [0, 0.05) is 43.0 Å². The first-order chi connectivity index (χ1) is 15.0. The number of halogens is 1. The third kappa shape index (κ3) is 5.32. The third-order valence-electron chi connectivity index (χ3n) is 4.77. The van der Waals surface area contributed by atoms with Crippen LogP contribution in [0.25, 0.3) is 0 Å². The fraction of sp³-hybridized carbons (Fsp3) is 0.174. The molecule has 0 saturated carbocycles. The first kappa shape index (κ1) is 20.7. The number of ether oxygens (including phenoxy) is 1. The van der Waals surface area contributed by atoms with E-state index in [-0.39, 0.29) is 5.56 Å². The maximum absolute atomic E-state index is 12.3. The van der Waals surface area contributed by atoms with Crippen LogP contribution >= 0.6 is 11.6 Å². The van der Waals surface area contributed by atoms with Crippen molar-refractivity contribution in [3.8, 4) is 11.5 Å². The summed E-state index contributed by atoms with van der Waals surface area (Å²) < 4.78 is 7.57. The molecule has 0 aliphatic carbocycles. The number of aryl methyl sites for hydroxylation is 2. The quantitative estimate of drug-likeness (QED) is 0.447. The van der Waals surface area contributed by atoms with Gasteiger partial charge in [-0.25, -0.2) is 0 Å². The Kier molecular flexibility index (Phi) is 6.04. The van der Waals surface area contributed by atoms with Crippen LogP contribution in [0.2, 0.25) is 5.02 Å². The number of hydrogen-bond donors (Lipinski definition) is 2. The Bertz CT molecular complexity index is 1250. The van der Waals surface area contributed by atoms with Crippen LogP contribution in [0.1, 0.15) is 22.3 Å². The molecule has 0 spiro atoms. The molecular weight excluding hydrogens is 414 g/mol. The maximum Gasteiger partial charge on any atom is 0.277 e. The van der Waals surface area contributed by atoms with E-state index < -0.39 is 0 Å². The molecule has 0 unspecified atom stereocenters. The molecule has 0 fully saturated rings. The van der Waals surface area contributed by atoms with Gasteiger partial charge in [-0.05, 0) is 53.9 Å². The number of benzene rings is 2. The molecule has 0 aliphatic heterocycles. The van der Waals surface area contributed by atoms with E-state index >= 15 is 0 Å². The molecule has 2 heterocycles. The maximum atomic E-state index is 12.3. The van der Waals surface area contributed by atoms with Gasteiger partial charge in [0.1, 0.15) is 11.5 Å². The van der Waals surface area contributed by atoms with Gasteiger partial charge in [-0.2, -0.15) is 10.1 Å². The van der Waals surface area contributed by atoms with E-state index in [2.05, 4.69) is 20.4 Å². The number of anilines is 1. The summed E-state index contributed by atoms with van der Waals surface area (Å²) in [6, 6.07) is 13.3. The largest absolute Gasteiger partial charge is 0.457 e. The summed E-state index contributed by atoms with van der Waals surface area (Å²) >= 11 is 6.05. The van der Waals surface area contributed by atoms with Crippen molar-refractivity contribution in [1.29, 1.82) is 0 Å². The van der Waals surface area contributed by atoms with Crippen molar-refractivity contribution in [3.05, 3.63) is 98.7 Å². The average Bonchev–Trinajstić information content (AvgIpc) is 3.17. The second kappa shape index (κ2) is 9.06. The number of nitrogens with zero attached hydrogens (tertiary/aromatic N) is 3. The van der Waals surface area contributed by atoms with Crippen molar-refractivity contribution in [2.45, 2.75) is 19.9 Å². The normalized spacial score (nSPS) is 10.8. The Morgan fingerprint density at radius 2 is 1.90 bits per heavy atom. The van der Waals surface area contributed by atoms with Crippen molar-refractivity contribution in [1.82, 2.24) is 19.7 Å². The van der Waals surface area contributed by atoms with E-state index in [4.69, 9.17) is 16.3 Å². The van der Waals surface area contributed by atoms with E-state index in [1.807, 2.05) is 62.6 Å². The zero-order valence-corrected chi connectivity index (χ0v) is 18.0. The first-order valence-electron chi connectivity index (χ1n) is 9.79. The highest BCUT2D eigenvalue weighted by atomic mass is 35.5. The molecule has 2 aromatic heterocycles. The van der Waals surface area contributed by atoms with Gasteiger partial charge < -0.3 is 15.0 Å². The summed E-state index contributed by atoms with van der Waals surface area (Å²) in [6.45, 7) is 2.46. The monoisotopic (exact) mass is 435 g/mol. The number of aromatic nitrogens is 4. The standard InChI is InChI=1S/C23H22ClN5O2/c1-15-9-20(7-8-21(15)24)31-19-5-3-16(4-6-19)11-25-23-26-13-18(22(30)28-23)10-17-12-27-29(2)14-17/h3-9,12-14H,10-11H2,1-2H3,(H2,25,26,28,30). The van der Waals surface area contributed by atoms with Crippen molar-refractivity contribution in [2.75, 3.05) is 5.32 Å². The number of rotatable bonds is 7. The van der Waals surface area contributed by atoms with E-state index in [1.54, 1.807) is 17.1 Å². The molecule has 4 rings (SSSR count). The Labute approximate surface area is 184 Å². The molecule has 4 aromatic rings. The number of H-pyrrole nitrogens is 1. The van der Waals surface area contributed by atoms with Crippen molar-refractivity contribution in [2.24, 2.45) is 7.05 Å². The lowest BCUT2D eigenvalue weighted by Crippen LogP contribution is -2.17. The molecule has 0 atom stereocenters. The minimum Gasteiger partial charge on any atom is -0.457 e. The molecular formula is C23H22ClN5O2. The summed E-state index contributed by atoms with van der Waals surface area (Å²) in [5, 5.41) is 7.97. The molecule has 7 nitrogen and oxygen atoms in total. The lowest BCUT2D eigenvalue weighted by molar-refractivity contribution is 0.482. The highest BCUT2D eigenvalue weighted by Crippen LogP contribution is 2.26. The van der Waals surface area contributed by atoms with Crippen LogP contribution in [-0.4, -0.2) is 19.7 Å². The predicted molar refractivity (Wildman–Crippen MR) is 121 cm³/mol. The van der Waals surface area contributed by atoms with Gasteiger partial charge in [0.25, 0.3) is 5.56 Å². The molecule has 8 heteroatoms. The molecule has 0 saturated heterocycles. The van der Waals surface area contributed by atoms with Gasteiger partial charge in [0.15, 0.2) is 0 Å². The Morgan fingerprint density at radius 3 is 2.58 bits per heavy atom. The minimum absolute atomic E-state index is 0.257. The lowest BCUT2D eigenvalue weighted by Gasteiger charge is -2.09. The molecule has 158 valence electrons. The van der Waals surface area contributed by atoms with E-state index in [1.165, 1.54) is 0 Å². The van der Waals surface area contributed by atoms with E-state index in [0.29, 0.717) is 29.5 Å². The van der Waals surface area contributed by atoms with Gasteiger partial charge >= 0.3 is 0 Å². The van der Waals surface area contributed by atoms with Crippen molar-refractivity contribution >= 4 is 17.5 Å². The Balaban J connectivity index is 1.35. The SMILES string of the molecule is Cc1cc(Oc2ccc(CNc3nc(=O)c(Cc4cnn(C)c4)c[nH]3)cc2)ccc1Cl. The van der Waals surface area contributed by atoms with Crippen LogP contribution in [0.15, 0.2) is 65.8 Å². The van der Waals surface area contributed by atoms with Crippen molar-refractivity contribution in [3.63, 3.8) is 0 Å². The van der Waals surface area contributed by atoms with E-state index in [0.717, 1.165) is 28.2 Å². The fourth-order valence-corrected chi connectivity index (χ4v) is 3.22.